The summed E-state index contributed by atoms with van der Waals surface area (Å²) < 4.78 is 6.03. The van der Waals surface area contributed by atoms with E-state index in [0.29, 0.717) is 18.8 Å². The molecule has 2 N–H and O–H groups in total. The minimum Gasteiger partial charge on any atom is -0.383 e. The van der Waals surface area contributed by atoms with Crippen molar-refractivity contribution in [2.75, 3.05) is 25.6 Å². The average Bonchev–Trinajstić information content (AvgIpc) is 2.47. The highest BCUT2D eigenvalue weighted by Crippen LogP contribution is 2.16. The van der Waals surface area contributed by atoms with Crippen LogP contribution in [0.15, 0.2) is 23.6 Å². The Morgan fingerprint density at radius 1 is 1.67 bits per heavy atom. The smallest absolute Gasteiger partial charge is 0.287 e. The van der Waals surface area contributed by atoms with Gasteiger partial charge in [-0.1, -0.05) is 17.7 Å². The van der Waals surface area contributed by atoms with Gasteiger partial charge >= 0.3 is 0 Å². The number of methoxy groups -OCH3 is 1. The molecule has 0 bridgehead atoms. The molecule has 116 valence electrons. The van der Waals surface area contributed by atoms with Crippen LogP contribution in [0.4, 0.5) is 5.69 Å². The summed E-state index contributed by atoms with van der Waals surface area (Å²) in [5.74, 6) is -0.224. The topological polar surface area (TPSA) is 85.2 Å². The average molecular weight is 315 g/mol. The molecule has 1 atom stereocenters. The van der Waals surface area contributed by atoms with Crippen LogP contribution < -0.4 is 16.2 Å². The molecule has 0 saturated heterocycles. The molecule has 0 radical (unpaired) electrons. The van der Waals surface area contributed by atoms with E-state index in [1.165, 1.54) is 10.9 Å². The van der Waals surface area contributed by atoms with E-state index < -0.39 is 11.6 Å². The first-order chi connectivity index (χ1) is 10.0. The fourth-order valence-corrected chi connectivity index (χ4v) is 1.75. The van der Waals surface area contributed by atoms with Crippen LogP contribution in [-0.4, -0.2) is 42.0 Å². The number of ether oxygens (including phenoxy) is 1. The normalized spacial score (nSPS) is 11.8. The van der Waals surface area contributed by atoms with Gasteiger partial charge in [0.05, 0.1) is 25.0 Å². The Morgan fingerprint density at radius 2 is 2.38 bits per heavy atom. The minimum absolute atomic E-state index is 0.0107. The SMILES string of the molecule is C=CCn1ncc(NC(C)C(=O)NCCOC)c(Cl)c1=O. The lowest BCUT2D eigenvalue weighted by atomic mass is 10.3. The number of nitrogens with one attached hydrogen (secondary N) is 2. The molecule has 1 aromatic rings. The number of hydrogen-bond donors (Lipinski definition) is 2. The van der Waals surface area contributed by atoms with Crippen molar-refractivity contribution in [2.24, 2.45) is 0 Å². The van der Waals surface area contributed by atoms with Crippen LogP contribution in [-0.2, 0) is 16.1 Å². The van der Waals surface area contributed by atoms with Crippen LogP contribution >= 0.6 is 11.6 Å². The number of carbonyl (C=O) groups is 1. The number of carbonyl (C=O) groups excluding carboxylic acids is 1. The number of anilines is 1. The van der Waals surface area contributed by atoms with Gasteiger partial charge in [0.25, 0.3) is 5.56 Å². The van der Waals surface area contributed by atoms with E-state index in [0.717, 1.165) is 0 Å². The molecule has 1 heterocycles. The van der Waals surface area contributed by atoms with Gasteiger partial charge in [-0.2, -0.15) is 5.10 Å². The summed E-state index contributed by atoms with van der Waals surface area (Å²) in [6, 6.07) is -0.559. The molecule has 0 aliphatic rings. The molecule has 0 saturated carbocycles. The summed E-state index contributed by atoms with van der Waals surface area (Å²) in [5, 5.41) is 9.48. The third kappa shape index (κ3) is 4.87. The van der Waals surface area contributed by atoms with Crippen molar-refractivity contribution in [2.45, 2.75) is 19.5 Å². The molecule has 1 aromatic heterocycles. The zero-order valence-electron chi connectivity index (χ0n) is 12.1. The maximum absolute atomic E-state index is 11.9. The van der Waals surface area contributed by atoms with Crippen molar-refractivity contribution in [3.63, 3.8) is 0 Å². The van der Waals surface area contributed by atoms with Crippen molar-refractivity contribution in [1.82, 2.24) is 15.1 Å². The van der Waals surface area contributed by atoms with Gasteiger partial charge in [0.1, 0.15) is 11.1 Å². The number of hydrogen-bond acceptors (Lipinski definition) is 5. The van der Waals surface area contributed by atoms with Crippen molar-refractivity contribution >= 4 is 23.2 Å². The Morgan fingerprint density at radius 3 is 3.00 bits per heavy atom. The van der Waals surface area contributed by atoms with Gasteiger partial charge in [-0.25, -0.2) is 4.68 Å². The Labute approximate surface area is 127 Å². The Hall–Kier alpha value is -1.86. The fourth-order valence-electron chi connectivity index (χ4n) is 1.55. The lowest BCUT2D eigenvalue weighted by Crippen LogP contribution is -2.39. The molecule has 21 heavy (non-hydrogen) atoms. The number of halogens is 1. The first-order valence-corrected chi connectivity index (χ1v) is 6.78. The molecule has 8 heteroatoms. The summed E-state index contributed by atoms with van der Waals surface area (Å²) in [4.78, 5) is 23.7. The van der Waals surface area contributed by atoms with Gasteiger partial charge in [-0.15, -0.1) is 6.58 Å². The van der Waals surface area contributed by atoms with Crippen LogP contribution in [0.5, 0.6) is 0 Å². The van der Waals surface area contributed by atoms with E-state index >= 15 is 0 Å². The molecule has 7 nitrogen and oxygen atoms in total. The first-order valence-electron chi connectivity index (χ1n) is 6.41. The number of amides is 1. The van der Waals surface area contributed by atoms with Gasteiger partial charge < -0.3 is 15.4 Å². The molecule has 0 aromatic carbocycles. The Kier molecular flexibility index (Phi) is 6.90. The third-order valence-electron chi connectivity index (χ3n) is 2.66. The summed E-state index contributed by atoms with van der Waals surface area (Å²) in [6.45, 7) is 6.30. The lowest BCUT2D eigenvalue weighted by Gasteiger charge is -2.16. The molecule has 1 amide bonds. The van der Waals surface area contributed by atoms with Crippen LogP contribution in [0, 0.1) is 0 Å². The molecule has 0 fully saturated rings. The second-order valence-corrected chi connectivity index (χ2v) is 4.68. The van der Waals surface area contributed by atoms with Gasteiger partial charge in [0, 0.05) is 13.7 Å². The molecule has 0 aliphatic carbocycles. The first kappa shape index (κ1) is 17.2. The van der Waals surface area contributed by atoms with E-state index in [1.54, 1.807) is 20.1 Å². The van der Waals surface area contributed by atoms with Crippen molar-refractivity contribution in [3.8, 4) is 0 Å². The van der Waals surface area contributed by atoms with Crippen molar-refractivity contribution in [1.29, 1.82) is 0 Å². The predicted molar refractivity (Wildman–Crippen MR) is 81.7 cm³/mol. The standard InChI is InChI=1S/C13H19ClN4O3/c1-4-6-18-13(20)11(14)10(8-16-18)17-9(2)12(19)15-5-7-21-3/h4,8-9,17H,1,5-7H2,2-3H3,(H,15,19). The number of allylic oxidation sites excluding steroid dienone is 1. The molecule has 0 aliphatic heterocycles. The third-order valence-corrected chi connectivity index (χ3v) is 3.02. The molecule has 1 rings (SSSR count). The van der Waals surface area contributed by atoms with Gasteiger partial charge in [-0.3, -0.25) is 9.59 Å². The Balaban J connectivity index is 2.74. The molecular formula is C13H19ClN4O3. The number of nitrogens with zero attached hydrogens (tertiary/aromatic N) is 2. The summed E-state index contributed by atoms with van der Waals surface area (Å²) in [7, 11) is 1.55. The Bertz CT molecular complexity index is 559. The van der Waals surface area contributed by atoms with Crippen LogP contribution in [0.25, 0.3) is 0 Å². The fraction of sp³-hybridized carbons (Fsp3) is 0.462. The van der Waals surface area contributed by atoms with E-state index in [4.69, 9.17) is 16.3 Å². The molecule has 1 unspecified atom stereocenters. The summed E-state index contributed by atoms with van der Waals surface area (Å²) in [5.41, 5.74) is -0.120. The van der Waals surface area contributed by atoms with E-state index in [1.807, 2.05) is 0 Å². The highest BCUT2D eigenvalue weighted by Gasteiger charge is 2.15. The van der Waals surface area contributed by atoms with Crippen LogP contribution in [0.1, 0.15) is 6.92 Å². The quantitative estimate of drug-likeness (QED) is 0.543. The van der Waals surface area contributed by atoms with Gasteiger partial charge in [0.2, 0.25) is 5.91 Å². The van der Waals surface area contributed by atoms with Gasteiger partial charge in [0.15, 0.2) is 0 Å². The highest BCUT2D eigenvalue weighted by molar-refractivity contribution is 6.33. The minimum atomic E-state index is -0.559. The second-order valence-electron chi connectivity index (χ2n) is 4.30. The summed E-state index contributed by atoms with van der Waals surface area (Å²) in [6.07, 6.45) is 2.95. The predicted octanol–water partition coefficient (Wildman–Crippen LogP) is 0.646. The summed E-state index contributed by atoms with van der Waals surface area (Å²) >= 11 is 5.99. The van der Waals surface area contributed by atoms with Crippen LogP contribution in [0.2, 0.25) is 5.02 Å². The zero-order chi connectivity index (χ0) is 15.8. The maximum Gasteiger partial charge on any atom is 0.287 e. The number of aromatic nitrogens is 2. The van der Waals surface area contributed by atoms with E-state index in [2.05, 4.69) is 22.3 Å². The van der Waals surface area contributed by atoms with Crippen molar-refractivity contribution in [3.05, 3.63) is 34.2 Å². The largest absolute Gasteiger partial charge is 0.383 e. The van der Waals surface area contributed by atoms with E-state index in [9.17, 15) is 9.59 Å². The van der Waals surface area contributed by atoms with E-state index in [-0.39, 0.29) is 17.5 Å². The maximum atomic E-state index is 11.9. The van der Waals surface area contributed by atoms with Gasteiger partial charge in [-0.05, 0) is 6.92 Å². The highest BCUT2D eigenvalue weighted by atomic mass is 35.5. The monoisotopic (exact) mass is 314 g/mol. The van der Waals surface area contributed by atoms with Crippen LogP contribution in [0.3, 0.4) is 0 Å². The van der Waals surface area contributed by atoms with Crippen molar-refractivity contribution < 1.29 is 9.53 Å². The molecular weight excluding hydrogens is 296 g/mol. The molecule has 0 spiro atoms. The second kappa shape index (κ2) is 8.43. The number of rotatable bonds is 8. The lowest BCUT2D eigenvalue weighted by molar-refractivity contribution is -0.121. The zero-order valence-corrected chi connectivity index (χ0v) is 12.8.